The number of nitrogens with zero attached hydrogens (tertiary/aromatic N) is 3. The van der Waals surface area contributed by atoms with E-state index in [-0.39, 0.29) is 22.6 Å². The van der Waals surface area contributed by atoms with E-state index in [0.29, 0.717) is 20.6 Å². The minimum absolute atomic E-state index is 0.229. The summed E-state index contributed by atoms with van der Waals surface area (Å²) in [5.41, 5.74) is 2.88. The van der Waals surface area contributed by atoms with Crippen LogP contribution in [-0.2, 0) is 14.3 Å². The van der Waals surface area contributed by atoms with Crippen molar-refractivity contribution in [2.75, 3.05) is 33.2 Å². The Morgan fingerprint density at radius 3 is 2.38 bits per heavy atom. The molecule has 3 aromatic rings. The molecule has 10 heteroatoms. The second-order valence-corrected chi connectivity index (χ2v) is 9.57. The molecule has 1 aliphatic rings. The van der Waals surface area contributed by atoms with Crippen molar-refractivity contribution in [2.24, 2.45) is 4.99 Å². The molecule has 4 rings (SSSR count). The van der Waals surface area contributed by atoms with Crippen LogP contribution >= 0.6 is 11.3 Å². The predicted octanol–water partition coefficient (Wildman–Crippen LogP) is 2.41. The zero-order chi connectivity index (χ0) is 26.9. The Hall–Kier alpha value is -4.18. The topological polar surface area (TPSA) is 99.4 Å². The summed E-state index contributed by atoms with van der Waals surface area (Å²) in [6, 6.07) is 11.9. The van der Waals surface area contributed by atoms with E-state index in [1.54, 1.807) is 25.1 Å². The first kappa shape index (κ1) is 25.9. The molecule has 0 spiro atoms. The third-order valence-corrected chi connectivity index (χ3v) is 6.87. The second kappa shape index (κ2) is 10.4. The highest BCUT2D eigenvalue weighted by Gasteiger charge is 2.33. The van der Waals surface area contributed by atoms with E-state index in [9.17, 15) is 14.4 Å². The van der Waals surface area contributed by atoms with Crippen LogP contribution in [0.2, 0.25) is 0 Å². The van der Waals surface area contributed by atoms with Gasteiger partial charge >= 0.3 is 11.9 Å². The first-order valence-corrected chi connectivity index (χ1v) is 12.2. The molecule has 0 aliphatic carbocycles. The van der Waals surface area contributed by atoms with Crippen LogP contribution in [0.3, 0.4) is 0 Å². The quantitative estimate of drug-likeness (QED) is 0.363. The van der Waals surface area contributed by atoms with Crippen LogP contribution in [-0.4, -0.2) is 44.8 Å². The maximum Gasteiger partial charge on any atom is 0.338 e. The van der Waals surface area contributed by atoms with Crippen molar-refractivity contribution < 1.29 is 23.8 Å². The minimum Gasteiger partial charge on any atom is -0.493 e. The Balaban J connectivity index is 1.91. The van der Waals surface area contributed by atoms with Gasteiger partial charge in [-0.2, -0.15) is 0 Å². The van der Waals surface area contributed by atoms with Crippen molar-refractivity contribution in [3.8, 4) is 11.5 Å². The number of anilines is 1. The van der Waals surface area contributed by atoms with E-state index >= 15 is 0 Å². The SMILES string of the molecule is COC(=O)C1=C(C)N=c2s/c(=C/c3ccc(N(C)C)cc3)c(=O)n2[C@H]1c1ccc(OC(C)=O)c(OC)c1. The standard InChI is InChI=1S/C27H27N3O6S/c1-15-23(26(33)35-6)24(18-9-12-20(36-16(2)31)21(14-18)34-5)30-25(32)22(37-27(30)28-15)13-17-7-10-19(11-8-17)29(3)4/h7-14,24H,1-6H3/b22-13+/t24-/m0/s1. The third kappa shape index (κ3) is 5.05. The molecule has 0 radical (unpaired) electrons. The van der Waals surface area contributed by atoms with Gasteiger partial charge in [-0.1, -0.05) is 29.5 Å². The van der Waals surface area contributed by atoms with Gasteiger partial charge in [0.25, 0.3) is 5.56 Å². The Morgan fingerprint density at radius 2 is 1.78 bits per heavy atom. The minimum atomic E-state index is -0.817. The molecule has 1 aliphatic heterocycles. The van der Waals surface area contributed by atoms with E-state index in [4.69, 9.17) is 14.2 Å². The molecular formula is C27H27N3O6S. The van der Waals surface area contributed by atoms with Crippen LogP contribution < -0.4 is 29.3 Å². The van der Waals surface area contributed by atoms with Crippen molar-refractivity contribution in [3.05, 3.63) is 84.5 Å². The second-order valence-electron chi connectivity index (χ2n) is 8.56. The molecule has 1 atom stereocenters. The number of hydrogen-bond donors (Lipinski definition) is 0. The number of carbonyl (C=O) groups is 2. The largest absolute Gasteiger partial charge is 0.493 e. The number of thiazole rings is 1. The number of methoxy groups -OCH3 is 2. The third-order valence-electron chi connectivity index (χ3n) is 5.89. The van der Waals surface area contributed by atoms with Gasteiger partial charge in [0.05, 0.1) is 36.1 Å². The fraction of sp³-hybridized carbons (Fsp3) is 0.259. The van der Waals surface area contributed by atoms with Crippen molar-refractivity contribution in [1.82, 2.24) is 4.57 Å². The lowest BCUT2D eigenvalue weighted by Gasteiger charge is -2.25. The normalized spacial score (nSPS) is 15.1. The molecule has 192 valence electrons. The molecule has 37 heavy (non-hydrogen) atoms. The van der Waals surface area contributed by atoms with Gasteiger partial charge in [-0.15, -0.1) is 0 Å². The molecule has 0 saturated heterocycles. The number of fused-ring (bicyclic) bond motifs is 1. The highest BCUT2D eigenvalue weighted by molar-refractivity contribution is 7.07. The molecule has 0 amide bonds. The first-order valence-electron chi connectivity index (χ1n) is 11.4. The molecule has 9 nitrogen and oxygen atoms in total. The van der Waals surface area contributed by atoms with E-state index in [1.807, 2.05) is 49.3 Å². The molecule has 0 saturated carbocycles. The number of esters is 2. The summed E-state index contributed by atoms with van der Waals surface area (Å²) >= 11 is 1.24. The summed E-state index contributed by atoms with van der Waals surface area (Å²) < 4.78 is 17.7. The molecule has 0 N–H and O–H groups in total. The summed E-state index contributed by atoms with van der Waals surface area (Å²) in [4.78, 5) is 45.1. The zero-order valence-electron chi connectivity index (χ0n) is 21.4. The summed E-state index contributed by atoms with van der Waals surface area (Å²) in [6.07, 6.45) is 1.81. The number of aromatic nitrogens is 1. The maximum absolute atomic E-state index is 13.7. The molecular weight excluding hydrogens is 494 g/mol. The number of carbonyl (C=O) groups excluding carboxylic acids is 2. The van der Waals surface area contributed by atoms with Crippen LogP contribution in [0.15, 0.2) is 63.5 Å². The summed E-state index contributed by atoms with van der Waals surface area (Å²) in [5, 5.41) is 0. The van der Waals surface area contributed by atoms with Gasteiger partial charge in [0.2, 0.25) is 0 Å². The van der Waals surface area contributed by atoms with Gasteiger partial charge in [0, 0.05) is 26.7 Å². The van der Waals surface area contributed by atoms with Gasteiger partial charge in [0.1, 0.15) is 0 Å². The summed E-state index contributed by atoms with van der Waals surface area (Å²) in [5.74, 6) is -0.575. The predicted molar refractivity (Wildman–Crippen MR) is 141 cm³/mol. The number of hydrogen-bond acceptors (Lipinski definition) is 9. The van der Waals surface area contributed by atoms with Gasteiger partial charge in [-0.3, -0.25) is 14.2 Å². The molecule has 2 aromatic carbocycles. The van der Waals surface area contributed by atoms with Crippen molar-refractivity contribution in [3.63, 3.8) is 0 Å². The van der Waals surface area contributed by atoms with Gasteiger partial charge in [0.15, 0.2) is 16.3 Å². The molecule has 0 fully saturated rings. The Bertz CT molecular complexity index is 1580. The fourth-order valence-electron chi connectivity index (χ4n) is 4.12. The van der Waals surface area contributed by atoms with Gasteiger partial charge in [-0.05, 0) is 48.4 Å². The average Bonchev–Trinajstić information content (AvgIpc) is 3.17. The van der Waals surface area contributed by atoms with Crippen LogP contribution in [0.5, 0.6) is 11.5 Å². The fourth-order valence-corrected chi connectivity index (χ4v) is 5.17. The highest BCUT2D eigenvalue weighted by atomic mass is 32.1. The number of allylic oxidation sites excluding steroid dienone is 1. The van der Waals surface area contributed by atoms with E-state index in [1.165, 1.54) is 37.0 Å². The van der Waals surface area contributed by atoms with Crippen molar-refractivity contribution >= 4 is 35.0 Å². The van der Waals surface area contributed by atoms with Crippen LogP contribution in [0.1, 0.15) is 31.0 Å². The van der Waals surface area contributed by atoms with Gasteiger partial charge in [-0.25, -0.2) is 9.79 Å². The summed E-state index contributed by atoms with van der Waals surface area (Å²) in [7, 11) is 6.65. The highest BCUT2D eigenvalue weighted by Crippen LogP contribution is 2.36. The molecule has 1 aromatic heterocycles. The monoisotopic (exact) mass is 521 g/mol. The number of rotatable bonds is 6. The van der Waals surface area contributed by atoms with E-state index < -0.39 is 18.0 Å². The van der Waals surface area contributed by atoms with Crippen molar-refractivity contribution in [1.29, 1.82) is 0 Å². The van der Waals surface area contributed by atoms with E-state index in [2.05, 4.69) is 4.99 Å². The Kier molecular flexibility index (Phi) is 7.30. The van der Waals surface area contributed by atoms with E-state index in [0.717, 1.165) is 11.3 Å². The lowest BCUT2D eigenvalue weighted by molar-refractivity contribution is -0.136. The van der Waals surface area contributed by atoms with Crippen LogP contribution in [0.4, 0.5) is 5.69 Å². The lowest BCUT2D eigenvalue weighted by Crippen LogP contribution is -2.39. The first-order chi connectivity index (χ1) is 17.6. The molecule has 2 heterocycles. The van der Waals surface area contributed by atoms with Gasteiger partial charge < -0.3 is 19.1 Å². The number of ether oxygens (including phenoxy) is 3. The molecule has 0 unspecified atom stereocenters. The smallest absolute Gasteiger partial charge is 0.338 e. The zero-order valence-corrected chi connectivity index (χ0v) is 22.2. The maximum atomic E-state index is 13.7. The van der Waals surface area contributed by atoms with Crippen LogP contribution in [0, 0.1) is 0 Å². The number of benzene rings is 2. The summed E-state index contributed by atoms with van der Waals surface area (Å²) in [6.45, 7) is 3.00. The van der Waals surface area contributed by atoms with Crippen molar-refractivity contribution in [2.45, 2.75) is 19.9 Å². The van der Waals surface area contributed by atoms with Crippen LogP contribution in [0.25, 0.3) is 6.08 Å². The Morgan fingerprint density at radius 1 is 1.08 bits per heavy atom. The molecule has 0 bridgehead atoms. The average molecular weight is 522 g/mol. The Labute approximate surface area is 217 Å². The lowest BCUT2D eigenvalue weighted by atomic mass is 9.95.